The smallest absolute Gasteiger partial charge is 0.252 e. The van der Waals surface area contributed by atoms with Crippen molar-refractivity contribution >= 4 is 34.5 Å². The van der Waals surface area contributed by atoms with Gasteiger partial charge in [0.1, 0.15) is 0 Å². The molecule has 0 bridgehead atoms. The number of para-hydroxylation sites is 1. The largest absolute Gasteiger partial charge is 0.361 e. The number of thiophene rings is 1. The van der Waals surface area contributed by atoms with Gasteiger partial charge in [-0.2, -0.15) is 0 Å². The third-order valence-corrected chi connectivity index (χ3v) is 6.05. The number of halogens is 1. The molecule has 0 spiro atoms. The van der Waals surface area contributed by atoms with E-state index in [2.05, 4.69) is 52.0 Å². The Labute approximate surface area is 162 Å². The number of amides is 1. The van der Waals surface area contributed by atoms with Crippen LogP contribution in [-0.2, 0) is 6.42 Å². The van der Waals surface area contributed by atoms with Crippen LogP contribution in [0.25, 0.3) is 0 Å². The highest BCUT2D eigenvalue weighted by Gasteiger charge is 2.28. The predicted molar refractivity (Wildman–Crippen MR) is 108 cm³/mol. The highest BCUT2D eigenvalue weighted by Crippen LogP contribution is 2.36. The van der Waals surface area contributed by atoms with Gasteiger partial charge >= 0.3 is 0 Å². The summed E-state index contributed by atoms with van der Waals surface area (Å²) >= 11 is 7.88. The summed E-state index contributed by atoms with van der Waals surface area (Å²) in [7, 11) is 0. The zero-order chi connectivity index (χ0) is 17.9. The molecule has 3 nitrogen and oxygen atoms in total. The van der Waals surface area contributed by atoms with E-state index in [0.29, 0.717) is 17.1 Å². The third-order valence-electron chi connectivity index (χ3n) is 4.75. The van der Waals surface area contributed by atoms with Gasteiger partial charge in [-0.15, -0.1) is 11.3 Å². The van der Waals surface area contributed by atoms with E-state index in [-0.39, 0.29) is 11.9 Å². The number of hydrogen-bond donors (Lipinski definition) is 1. The normalized spacial score (nSPS) is 14.1. The maximum atomic E-state index is 12.6. The lowest BCUT2D eigenvalue weighted by Crippen LogP contribution is -2.37. The van der Waals surface area contributed by atoms with Crippen molar-refractivity contribution in [3.63, 3.8) is 0 Å². The molecule has 0 fully saturated rings. The van der Waals surface area contributed by atoms with Crippen LogP contribution in [-0.4, -0.2) is 19.0 Å². The highest BCUT2D eigenvalue weighted by atomic mass is 35.5. The molecule has 2 aromatic carbocycles. The minimum atomic E-state index is -0.135. The summed E-state index contributed by atoms with van der Waals surface area (Å²) in [5.74, 6) is -0.135. The fourth-order valence-electron chi connectivity index (χ4n) is 3.46. The van der Waals surface area contributed by atoms with Crippen LogP contribution in [0.3, 0.4) is 0 Å². The van der Waals surface area contributed by atoms with Crippen LogP contribution in [0.5, 0.6) is 0 Å². The van der Waals surface area contributed by atoms with E-state index in [9.17, 15) is 4.79 Å². The molecule has 1 aromatic heterocycles. The highest BCUT2D eigenvalue weighted by molar-refractivity contribution is 7.10. The summed E-state index contributed by atoms with van der Waals surface area (Å²) in [5.41, 5.74) is 3.14. The van der Waals surface area contributed by atoms with Crippen LogP contribution < -0.4 is 10.2 Å². The number of benzene rings is 2. The molecule has 1 aliphatic rings. The Bertz CT molecular complexity index is 910. The maximum Gasteiger partial charge on any atom is 0.252 e. The van der Waals surface area contributed by atoms with E-state index in [1.807, 2.05) is 12.1 Å². The van der Waals surface area contributed by atoms with Gasteiger partial charge in [-0.1, -0.05) is 48.0 Å². The lowest BCUT2D eigenvalue weighted by molar-refractivity contribution is 0.0951. The first-order valence-corrected chi connectivity index (χ1v) is 9.90. The minimum Gasteiger partial charge on any atom is -0.361 e. The fraction of sp³-hybridized carbons (Fsp3) is 0.190. The lowest BCUT2D eigenvalue weighted by Gasteiger charge is -2.30. The molecule has 2 heterocycles. The monoisotopic (exact) mass is 382 g/mol. The molecule has 0 saturated carbocycles. The van der Waals surface area contributed by atoms with Crippen molar-refractivity contribution in [1.82, 2.24) is 5.32 Å². The molecular formula is C21H19ClN2OS. The van der Waals surface area contributed by atoms with E-state index < -0.39 is 0 Å². The first-order valence-electron chi connectivity index (χ1n) is 8.65. The average molecular weight is 383 g/mol. The van der Waals surface area contributed by atoms with Gasteiger partial charge in [0.05, 0.1) is 16.6 Å². The molecule has 1 aliphatic heterocycles. The average Bonchev–Trinajstić information content (AvgIpc) is 3.33. The molecule has 132 valence electrons. The van der Waals surface area contributed by atoms with Gasteiger partial charge in [-0.05, 0) is 41.6 Å². The molecule has 1 atom stereocenters. The molecule has 0 saturated heterocycles. The zero-order valence-corrected chi connectivity index (χ0v) is 15.8. The van der Waals surface area contributed by atoms with E-state index in [0.717, 1.165) is 13.0 Å². The molecule has 1 amide bonds. The summed E-state index contributed by atoms with van der Waals surface area (Å²) < 4.78 is 0. The number of nitrogens with zero attached hydrogens (tertiary/aromatic N) is 1. The summed E-state index contributed by atoms with van der Waals surface area (Å²) in [4.78, 5) is 16.2. The number of hydrogen-bond acceptors (Lipinski definition) is 3. The van der Waals surface area contributed by atoms with Crippen molar-refractivity contribution in [3.05, 3.63) is 87.1 Å². The van der Waals surface area contributed by atoms with E-state index in [1.165, 1.54) is 16.1 Å². The van der Waals surface area contributed by atoms with Crippen molar-refractivity contribution in [1.29, 1.82) is 0 Å². The Hall–Kier alpha value is -2.30. The predicted octanol–water partition coefficient (Wildman–Crippen LogP) is 4.94. The van der Waals surface area contributed by atoms with Crippen molar-refractivity contribution in [2.45, 2.75) is 12.5 Å². The number of rotatable bonds is 5. The second-order valence-corrected chi connectivity index (χ2v) is 7.68. The van der Waals surface area contributed by atoms with Gasteiger partial charge in [0.2, 0.25) is 0 Å². The van der Waals surface area contributed by atoms with Gasteiger partial charge in [0.25, 0.3) is 5.91 Å². The Morgan fingerprint density at radius 1 is 1.12 bits per heavy atom. The molecule has 5 heteroatoms. The van der Waals surface area contributed by atoms with E-state index >= 15 is 0 Å². The molecule has 4 rings (SSSR count). The van der Waals surface area contributed by atoms with Gasteiger partial charge in [0, 0.05) is 23.7 Å². The van der Waals surface area contributed by atoms with Gasteiger partial charge in [-0.3, -0.25) is 4.79 Å². The Morgan fingerprint density at radius 2 is 1.92 bits per heavy atom. The maximum absolute atomic E-state index is 12.6. The quantitative estimate of drug-likeness (QED) is 0.678. The van der Waals surface area contributed by atoms with Gasteiger partial charge < -0.3 is 10.2 Å². The van der Waals surface area contributed by atoms with Crippen molar-refractivity contribution in [2.24, 2.45) is 0 Å². The Kier molecular flexibility index (Phi) is 4.96. The van der Waals surface area contributed by atoms with Crippen LogP contribution in [0.2, 0.25) is 5.02 Å². The van der Waals surface area contributed by atoms with Crippen LogP contribution >= 0.6 is 22.9 Å². The molecular weight excluding hydrogens is 364 g/mol. The Morgan fingerprint density at radius 3 is 2.73 bits per heavy atom. The van der Waals surface area contributed by atoms with Crippen molar-refractivity contribution in [2.75, 3.05) is 18.0 Å². The van der Waals surface area contributed by atoms with E-state index in [4.69, 9.17) is 11.6 Å². The fourth-order valence-corrected chi connectivity index (χ4v) is 4.52. The number of nitrogens with one attached hydrogen (secondary N) is 1. The standard InChI is InChI=1S/C21H19ClN2OS/c22-17-8-3-2-7-16(17)21(25)23-14-19(20-10-5-13-26-20)24-12-11-15-6-1-4-9-18(15)24/h1-10,13,19H,11-12,14H2,(H,23,25)/t19-/m1/s1. The zero-order valence-electron chi connectivity index (χ0n) is 14.2. The number of carbonyl (C=O) groups is 1. The summed E-state index contributed by atoms with van der Waals surface area (Å²) in [6.07, 6.45) is 1.04. The lowest BCUT2D eigenvalue weighted by atomic mass is 10.1. The Balaban J connectivity index is 1.56. The number of anilines is 1. The SMILES string of the molecule is O=C(NC[C@H](c1cccs1)N1CCc2ccccc21)c1ccccc1Cl. The van der Waals surface area contributed by atoms with Crippen LogP contribution in [0.1, 0.15) is 26.8 Å². The molecule has 1 N–H and O–H groups in total. The minimum absolute atomic E-state index is 0.116. The molecule has 0 radical (unpaired) electrons. The van der Waals surface area contributed by atoms with Crippen LogP contribution in [0.4, 0.5) is 5.69 Å². The van der Waals surface area contributed by atoms with Crippen LogP contribution in [0.15, 0.2) is 66.0 Å². The van der Waals surface area contributed by atoms with Crippen molar-refractivity contribution in [3.8, 4) is 0 Å². The summed E-state index contributed by atoms with van der Waals surface area (Å²) in [5, 5.41) is 5.64. The second-order valence-electron chi connectivity index (χ2n) is 6.29. The number of fused-ring (bicyclic) bond motifs is 1. The van der Waals surface area contributed by atoms with Crippen LogP contribution in [0, 0.1) is 0 Å². The van der Waals surface area contributed by atoms with E-state index in [1.54, 1.807) is 23.5 Å². The van der Waals surface area contributed by atoms with Gasteiger partial charge in [0.15, 0.2) is 0 Å². The molecule has 0 aliphatic carbocycles. The molecule has 3 aromatic rings. The first kappa shape index (κ1) is 17.1. The van der Waals surface area contributed by atoms with Gasteiger partial charge in [-0.25, -0.2) is 0 Å². The second kappa shape index (κ2) is 7.52. The first-order chi connectivity index (χ1) is 12.7. The molecule has 26 heavy (non-hydrogen) atoms. The third kappa shape index (κ3) is 3.35. The topological polar surface area (TPSA) is 32.3 Å². The number of carbonyl (C=O) groups excluding carboxylic acids is 1. The summed E-state index contributed by atoms with van der Waals surface area (Å²) in [6.45, 7) is 1.50. The van der Waals surface area contributed by atoms with Crippen molar-refractivity contribution < 1.29 is 4.79 Å². The molecule has 0 unspecified atom stereocenters. The summed E-state index contributed by atoms with van der Waals surface area (Å²) in [6, 6.07) is 20.0.